The maximum Gasteiger partial charge on any atom is 0.344 e. The lowest BCUT2D eigenvalue weighted by Crippen LogP contribution is -2.36. The molecule has 0 atom stereocenters. The van der Waals surface area contributed by atoms with Crippen molar-refractivity contribution in [2.24, 2.45) is 0 Å². The average Bonchev–Trinajstić information content (AvgIpc) is 2.71. The number of anilines is 1. The van der Waals surface area contributed by atoms with E-state index in [1.54, 1.807) is 24.3 Å². The Morgan fingerprint density at radius 2 is 1.53 bits per heavy atom. The van der Waals surface area contributed by atoms with Gasteiger partial charge in [0.05, 0.1) is 13.7 Å². The van der Waals surface area contributed by atoms with Crippen LogP contribution in [0, 0.1) is 20.8 Å². The molecule has 8 nitrogen and oxygen atoms in total. The molecule has 0 aliphatic carbocycles. The average molecular weight is 414 g/mol. The second-order valence-electron chi connectivity index (χ2n) is 6.70. The largest absolute Gasteiger partial charge is 0.493 e. The van der Waals surface area contributed by atoms with Crippen molar-refractivity contribution in [3.8, 4) is 11.5 Å². The molecule has 0 heterocycles. The van der Waals surface area contributed by atoms with Crippen LogP contribution in [0.2, 0.25) is 0 Å². The Hall–Kier alpha value is -3.55. The van der Waals surface area contributed by atoms with E-state index in [1.807, 2.05) is 32.9 Å². The quantitative estimate of drug-likeness (QED) is 0.611. The van der Waals surface area contributed by atoms with Gasteiger partial charge >= 0.3 is 5.97 Å². The Bertz CT molecular complexity index is 903. The first-order valence-electron chi connectivity index (χ1n) is 9.36. The zero-order chi connectivity index (χ0) is 22.1. The van der Waals surface area contributed by atoms with Gasteiger partial charge in [-0.15, -0.1) is 0 Å². The third-order valence-electron chi connectivity index (χ3n) is 4.17. The lowest BCUT2D eigenvalue weighted by atomic mass is 10.1. The van der Waals surface area contributed by atoms with E-state index in [-0.39, 0.29) is 19.1 Å². The van der Waals surface area contributed by atoms with Crippen LogP contribution >= 0.6 is 0 Å². The molecular weight excluding hydrogens is 388 g/mol. The summed E-state index contributed by atoms with van der Waals surface area (Å²) in [4.78, 5) is 35.7. The van der Waals surface area contributed by atoms with Crippen LogP contribution in [0.4, 0.5) is 5.69 Å². The summed E-state index contributed by atoms with van der Waals surface area (Å²) in [5.74, 6) is -0.809. The number of benzene rings is 2. The van der Waals surface area contributed by atoms with Crippen molar-refractivity contribution in [3.63, 3.8) is 0 Å². The number of amides is 2. The molecule has 0 spiro atoms. The number of carbonyl (C=O) groups is 3. The first kappa shape index (κ1) is 22.7. The van der Waals surface area contributed by atoms with Gasteiger partial charge in [-0.05, 0) is 44.0 Å². The number of methoxy groups -OCH3 is 1. The van der Waals surface area contributed by atoms with Crippen LogP contribution in [-0.2, 0) is 19.1 Å². The molecule has 8 heteroatoms. The summed E-state index contributed by atoms with van der Waals surface area (Å²) in [5.41, 5.74) is 3.71. The smallest absolute Gasteiger partial charge is 0.344 e. The first-order valence-corrected chi connectivity index (χ1v) is 9.36. The van der Waals surface area contributed by atoms with E-state index in [4.69, 9.17) is 14.2 Å². The zero-order valence-electron chi connectivity index (χ0n) is 17.5. The van der Waals surface area contributed by atoms with Crippen molar-refractivity contribution in [2.45, 2.75) is 20.8 Å². The van der Waals surface area contributed by atoms with E-state index < -0.39 is 18.5 Å². The van der Waals surface area contributed by atoms with Gasteiger partial charge in [-0.1, -0.05) is 29.8 Å². The van der Waals surface area contributed by atoms with Crippen molar-refractivity contribution < 1.29 is 28.6 Å². The van der Waals surface area contributed by atoms with Gasteiger partial charge in [0.2, 0.25) is 5.91 Å². The minimum absolute atomic E-state index is 0.235. The van der Waals surface area contributed by atoms with Crippen molar-refractivity contribution in [3.05, 3.63) is 53.1 Å². The van der Waals surface area contributed by atoms with Crippen LogP contribution in [0.25, 0.3) is 0 Å². The van der Waals surface area contributed by atoms with Gasteiger partial charge in [-0.3, -0.25) is 9.59 Å². The SMILES string of the molecule is COc1ccccc1OCC(=O)OCC(=O)NCC(=O)Nc1c(C)cc(C)cc1C. The summed E-state index contributed by atoms with van der Waals surface area (Å²) < 4.78 is 15.3. The number of aryl methyl sites for hydroxylation is 3. The molecule has 30 heavy (non-hydrogen) atoms. The van der Waals surface area contributed by atoms with E-state index in [0.717, 1.165) is 22.4 Å². The number of rotatable bonds is 9. The fraction of sp³-hybridized carbons (Fsp3) is 0.318. The van der Waals surface area contributed by atoms with Gasteiger partial charge in [0.15, 0.2) is 24.7 Å². The van der Waals surface area contributed by atoms with Crippen molar-refractivity contribution in [1.82, 2.24) is 5.32 Å². The molecule has 0 aliphatic rings. The molecule has 0 saturated heterocycles. The molecule has 0 radical (unpaired) electrons. The van der Waals surface area contributed by atoms with Gasteiger partial charge < -0.3 is 24.8 Å². The lowest BCUT2D eigenvalue weighted by Gasteiger charge is -2.13. The highest BCUT2D eigenvalue weighted by Crippen LogP contribution is 2.25. The van der Waals surface area contributed by atoms with Crippen LogP contribution < -0.4 is 20.1 Å². The zero-order valence-corrected chi connectivity index (χ0v) is 17.5. The van der Waals surface area contributed by atoms with Gasteiger partial charge in [0.1, 0.15) is 0 Å². The normalized spacial score (nSPS) is 10.1. The molecule has 2 aromatic rings. The Morgan fingerprint density at radius 3 is 2.17 bits per heavy atom. The third-order valence-corrected chi connectivity index (χ3v) is 4.17. The van der Waals surface area contributed by atoms with Crippen LogP contribution in [-0.4, -0.2) is 44.7 Å². The standard InChI is InChI=1S/C22H26N2O6/c1-14-9-15(2)22(16(3)10-14)24-19(25)11-23-20(26)12-30-21(27)13-29-18-8-6-5-7-17(18)28-4/h5-10H,11-13H2,1-4H3,(H,23,26)(H,24,25). The number of ether oxygens (including phenoxy) is 3. The first-order chi connectivity index (χ1) is 14.3. The summed E-state index contributed by atoms with van der Waals surface area (Å²) in [7, 11) is 1.49. The summed E-state index contributed by atoms with van der Waals surface area (Å²) in [5, 5.41) is 5.19. The van der Waals surface area contributed by atoms with Crippen LogP contribution in [0.1, 0.15) is 16.7 Å². The lowest BCUT2D eigenvalue weighted by molar-refractivity contribution is -0.150. The highest BCUT2D eigenvalue weighted by molar-refractivity contribution is 5.96. The Kier molecular flexibility index (Phi) is 8.22. The molecule has 0 aliphatic heterocycles. The molecule has 160 valence electrons. The van der Waals surface area contributed by atoms with Gasteiger partial charge in [-0.2, -0.15) is 0 Å². The molecule has 0 fully saturated rings. The van der Waals surface area contributed by atoms with Crippen LogP contribution in [0.5, 0.6) is 11.5 Å². The molecular formula is C22H26N2O6. The molecule has 0 saturated carbocycles. The van der Waals surface area contributed by atoms with Crippen LogP contribution in [0.3, 0.4) is 0 Å². The molecule has 0 bridgehead atoms. The number of hydrogen-bond donors (Lipinski definition) is 2. The minimum Gasteiger partial charge on any atom is -0.493 e. The van der Waals surface area contributed by atoms with E-state index in [0.29, 0.717) is 11.5 Å². The van der Waals surface area contributed by atoms with Gasteiger partial charge in [-0.25, -0.2) is 4.79 Å². The Balaban J connectivity index is 1.72. The van der Waals surface area contributed by atoms with Crippen molar-refractivity contribution in [2.75, 3.05) is 32.2 Å². The van der Waals surface area contributed by atoms with E-state index in [2.05, 4.69) is 10.6 Å². The Morgan fingerprint density at radius 1 is 0.900 bits per heavy atom. The van der Waals surface area contributed by atoms with E-state index in [1.165, 1.54) is 7.11 Å². The number of esters is 1. The maximum atomic E-state index is 12.1. The molecule has 0 unspecified atom stereocenters. The molecule has 2 rings (SSSR count). The predicted octanol–water partition coefficient (Wildman–Crippen LogP) is 2.30. The summed E-state index contributed by atoms with van der Waals surface area (Å²) in [6.45, 7) is 4.67. The fourth-order valence-corrected chi connectivity index (χ4v) is 2.85. The van der Waals surface area contributed by atoms with Crippen molar-refractivity contribution >= 4 is 23.5 Å². The Labute approximate surface area is 175 Å². The second kappa shape index (κ2) is 10.8. The third kappa shape index (κ3) is 6.80. The highest BCUT2D eigenvalue weighted by atomic mass is 16.6. The summed E-state index contributed by atoms with van der Waals surface area (Å²) in [6, 6.07) is 10.8. The second-order valence-corrected chi connectivity index (χ2v) is 6.70. The molecule has 2 N–H and O–H groups in total. The highest BCUT2D eigenvalue weighted by Gasteiger charge is 2.13. The number of nitrogens with one attached hydrogen (secondary N) is 2. The predicted molar refractivity (Wildman–Crippen MR) is 112 cm³/mol. The number of carbonyl (C=O) groups excluding carboxylic acids is 3. The van der Waals surface area contributed by atoms with Gasteiger partial charge in [0, 0.05) is 5.69 Å². The van der Waals surface area contributed by atoms with E-state index in [9.17, 15) is 14.4 Å². The number of para-hydroxylation sites is 2. The topological polar surface area (TPSA) is 103 Å². The van der Waals surface area contributed by atoms with Crippen LogP contribution in [0.15, 0.2) is 36.4 Å². The summed E-state index contributed by atoms with van der Waals surface area (Å²) in [6.07, 6.45) is 0. The maximum absolute atomic E-state index is 12.1. The summed E-state index contributed by atoms with van der Waals surface area (Å²) >= 11 is 0. The molecule has 2 aromatic carbocycles. The van der Waals surface area contributed by atoms with Gasteiger partial charge in [0.25, 0.3) is 5.91 Å². The van der Waals surface area contributed by atoms with Crippen molar-refractivity contribution in [1.29, 1.82) is 0 Å². The molecule has 0 aromatic heterocycles. The fourth-order valence-electron chi connectivity index (χ4n) is 2.85. The van der Waals surface area contributed by atoms with E-state index >= 15 is 0 Å². The number of hydrogen-bond acceptors (Lipinski definition) is 6. The monoisotopic (exact) mass is 414 g/mol. The molecule has 2 amide bonds. The minimum atomic E-state index is -0.716.